The number of carbonyl (C=O) groups excluding carboxylic acids is 1. The summed E-state index contributed by atoms with van der Waals surface area (Å²) in [7, 11) is 0. The molecule has 0 aromatic heterocycles. The maximum atomic E-state index is 10.5. The van der Waals surface area contributed by atoms with Crippen molar-refractivity contribution in [2.45, 2.75) is 11.4 Å². The number of hydrogen-bond acceptors (Lipinski definition) is 4. The van der Waals surface area contributed by atoms with Gasteiger partial charge in [0, 0.05) is 0 Å². The first-order valence-corrected chi connectivity index (χ1v) is 6.50. The van der Waals surface area contributed by atoms with Crippen LogP contribution in [0.25, 0.3) is 0 Å². The van der Waals surface area contributed by atoms with Gasteiger partial charge in [0.05, 0.1) is 0 Å². The van der Waals surface area contributed by atoms with Crippen LogP contribution in [-0.2, 0) is 12.3 Å². The molecule has 0 radical (unpaired) electrons. The van der Waals surface area contributed by atoms with Crippen molar-refractivity contribution in [3.05, 3.63) is 39.9 Å². The minimum atomic E-state index is -0.639. The molecule has 0 N–H and O–H groups in total. The Balaban J connectivity index is 2.50. The molecule has 0 aliphatic rings. The van der Waals surface area contributed by atoms with Gasteiger partial charge in [-0.15, -0.1) is 0 Å². The summed E-state index contributed by atoms with van der Waals surface area (Å²) in [6.07, 6.45) is 0. The third-order valence-electron chi connectivity index (χ3n) is 1.52. The molecule has 0 unspecified atom stereocenters. The number of alkyl halides is 1. The van der Waals surface area contributed by atoms with E-state index in [-0.39, 0.29) is 11.7 Å². The van der Waals surface area contributed by atoms with Gasteiger partial charge < -0.3 is 0 Å². The number of benzene rings is 1. The normalized spacial score (nSPS) is 9.93. The number of halogens is 1. The number of carbonyl (C=O) groups is 1. The first-order chi connectivity index (χ1) is 7.09. The molecule has 0 saturated carbocycles. The van der Waals surface area contributed by atoms with Crippen molar-refractivity contribution < 1.29 is 34.4 Å². The van der Waals surface area contributed by atoms with E-state index in [2.05, 4.69) is 0 Å². The van der Waals surface area contributed by atoms with Gasteiger partial charge in [-0.1, -0.05) is 0 Å². The van der Waals surface area contributed by atoms with Gasteiger partial charge in [-0.25, -0.2) is 0 Å². The third kappa shape index (κ3) is 4.24. The zero-order valence-electron chi connectivity index (χ0n) is 7.97. The molecule has 1 aromatic carbocycles. The summed E-state index contributed by atoms with van der Waals surface area (Å²) < 4.78 is 5.54. The second kappa shape index (κ2) is 5.64. The average Bonchev–Trinajstić information content (AvgIpc) is 2.18. The second-order valence-corrected chi connectivity index (χ2v) is 4.56. The quantitative estimate of drug-likeness (QED) is 0.298. The van der Waals surface area contributed by atoms with Gasteiger partial charge >= 0.3 is 97.4 Å². The molecule has 5 nitrogen and oxygen atoms in total. The first-order valence-electron chi connectivity index (χ1n) is 4.09. The van der Waals surface area contributed by atoms with E-state index in [0.29, 0.717) is 4.43 Å². The molecule has 0 amide bonds. The van der Waals surface area contributed by atoms with Crippen LogP contribution in [0.4, 0.5) is 5.69 Å². The van der Waals surface area contributed by atoms with Crippen LogP contribution in [0.15, 0.2) is 24.3 Å². The van der Waals surface area contributed by atoms with E-state index in [1.165, 1.54) is 19.1 Å². The van der Waals surface area contributed by atoms with Gasteiger partial charge in [0.25, 0.3) is 0 Å². The van der Waals surface area contributed by atoms with E-state index >= 15 is 0 Å². The Hall–Kier alpha value is -1.18. The van der Waals surface area contributed by atoms with Crippen molar-refractivity contribution in [3.63, 3.8) is 0 Å². The van der Waals surface area contributed by atoms with E-state index in [1.807, 2.05) is 0 Å². The number of rotatable bonds is 4. The van der Waals surface area contributed by atoms with Gasteiger partial charge in [0.2, 0.25) is 0 Å². The van der Waals surface area contributed by atoms with Gasteiger partial charge in [0.15, 0.2) is 0 Å². The summed E-state index contributed by atoms with van der Waals surface area (Å²) >= 11 is -0.639. The van der Waals surface area contributed by atoms with Crippen LogP contribution in [-0.4, -0.2) is 10.9 Å². The Morgan fingerprint density at radius 1 is 1.47 bits per heavy atom. The van der Waals surface area contributed by atoms with Crippen LogP contribution >= 0.6 is 0 Å². The summed E-state index contributed by atoms with van der Waals surface area (Å²) in [5.41, 5.74) is 1.03. The van der Waals surface area contributed by atoms with Crippen molar-refractivity contribution in [1.29, 1.82) is 0 Å². The van der Waals surface area contributed by atoms with Gasteiger partial charge in [-0.05, 0) is 0 Å². The Labute approximate surface area is 97.4 Å². The number of hydrogen-bond donors (Lipinski definition) is 0. The zero-order chi connectivity index (χ0) is 11.3. The second-order valence-electron chi connectivity index (χ2n) is 2.74. The molecule has 6 heteroatoms. The Morgan fingerprint density at radius 2 is 2.07 bits per heavy atom. The van der Waals surface area contributed by atoms with E-state index in [9.17, 15) is 14.9 Å². The molecule has 15 heavy (non-hydrogen) atoms. The molecule has 1 rings (SSSR count). The van der Waals surface area contributed by atoms with Crippen molar-refractivity contribution in [1.82, 2.24) is 0 Å². The standard InChI is InChI=1S/C9H9INO4/c1-7(12)15-10-6-8-2-4-9(5-3-8)11(13)14/h2-5H,6H2,1H3/q-1. The predicted octanol–water partition coefficient (Wildman–Crippen LogP) is -1.34. The number of non-ortho nitro benzene ring substituents is 1. The minimum absolute atomic E-state index is 0.0736. The van der Waals surface area contributed by atoms with E-state index in [0.717, 1.165) is 5.56 Å². The molecular weight excluding hydrogens is 313 g/mol. The van der Waals surface area contributed by atoms with Gasteiger partial charge in [-0.3, -0.25) is 0 Å². The average molecular weight is 322 g/mol. The summed E-state index contributed by atoms with van der Waals surface area (Å²) in [4.78, 5) is 20.4. The Bertz CT molecular complexity index is 363. The van der Waals surface area contributed by atoms with E-state index in [1.54, 1.807) is 12.1 Å². The molecule has 0 aliphatic heterocycles. The first kappa shape index (κ1) is 11.9. The fourth-order valence-electron chi connectivity index (χ4n) is 0.874. The van der Waals surface area contributed by atoms with Crippen LogP contribution in [0.3, 0.4) is 0 Å². The number of nitrogens with zero attached hydrogens (tertiary/aromatic N) is 1. The fourth-order valence-corrected chi connectivity index (χ4v) is 2.34. The molecule has 82 valence electrons. The maximum absolute atomic E-state index is 10.5. The van der Waals surface area contributed by atoms with E-state index < -0.39 is 26.5 Å². The van der Waals surface area contributed by atoms with Crippen molar-refractivity contribution in [3.8, 4) is 0 Å². The molecule has 0 spiro atoms. The van der Waals surface area contributed by atoms with Gasteiger partial charge in [-0.2, -0.15) is 0 Å². The molecule has 0 atom stereocenters. The molecule has 0 saturated heterocycles. The van der Waals surface area contributed by atoms with Crippen LogP contribution < -0.4 is 21.6 Å². The summed E-state index contributed by atoms with van der Waals surface area (Å²) in [6.45, 7) is 1.37. The molecule has 0 heterocycles. The Kier molecular flexibility index (Phi) is 4.47. The van der Waals surface area contributed by atoms with E-state index in [4.69, 9.17) is 3.07 Å². The number of nitro groups is 1. The molecular formula is C9H9INO4-. The van der Waals surface area contributed by atoms with Crippen LogP contribution in [0.1, 0.15) is 12.5 Å². The van der Waals surface area contributed by atoms with Crippen LogP contribution in [0.5, 0.6) is 0 Å². The molecule has 0 bridgehead atoms. The van der Waals surface area contributed by atoms with Gasteiger partial charge in [0.1, 0.15) is 0 Å². The SMILES string of the molecule is CC(=O)O[I-]Cc1ccc([N+](=O)[O-])cc1. The van der Waals surface area contributed by atoms with Crippen molar-refractivity contribution in [2.24, 2.45) is 0 Å². The number of nitro benzene ring substituents is 1. The summed E-state index contributed by atoms with van der Waals surface area (Å²) in [5, 5.41) is 10.4. The fraction of sp³-hybridized carbons (Fsp3) is 0.222. The van der Waals surface area contributed by atoms with Crippen LogP contribution in [0.2, 0.25) is 0 Å². The topological polar surface area (TPSA) is 69.4 Å². The zero-order valence-corrected chi connectivity index (χ0v) is 10.1. The van der Waals surface area contributed by atoms with Crippen molar-refractivity contribution >= 4 is 11.7 Å². The van der Waals surface area contributed by atoms with Crippen LogP contribution in [0, 0.1) is 10.1 Å². The summed E-state index contributed by atoms with van der Waals surface area (Å²) in [6, 6.07) is 6.27. The summed E-state index contributed by atoms with van der Waals surface area (Å²) in [5.74, 6) is -0.273. The monoisotopic (exact) mass is 322 g/mol. The van der Waals surface area contributed by atoms with Crippen molar-refractivity contribution in [2.75, 3.05) is 0 Å². The Morgan fingerprint density at radius 3 is 2.53 bits per heavy atom. The molecule has 0 fully saturated rings. The third-order valence-corrected chi connectivity index (χ3v) is 3.64. The molecule has 1 aromatic rings. The predicted molar refractivity (Wildman–Crippen MR) is 48.6 cm³/mol. The molecule has 0 aliphatic carbocycles.